The van der Waals surface area contributed by atoms with Gasteiger partial charge in [0.05, 0.1) is 6.54 Å². The van der Waals surface area contributed by atoms with E-state index in [0.29, 0.717) is 11.9 Å². The first-order chi connectivity index (χ1) is 8.29. The summed E-state index contributed by atoms with van der Waals surface area (Å²) in [4.78, 5) is 6.78. The molecular weight excluding hydrogens is 216 g/mol. The van der Waals surface area contributed by atoms with Crippen molar-refractivity contribution in [3.8, 4) is 0 Å². The summed E-state index contributed by atoms with van der Waals surface area (Å²) in [5.41, 5.74) is 0. The molecule has 0 aromatic carbocycles. The van der Waals surface area contributed by atoms with Gasteiger partial charge in [-0.15, -0.1) is 0 Å². The van der Waals surface area contributed by atoms with E-state index >= 15 is 0 Å². The quantitative estimate of drug-likeness (QED) is 0.839. The molecular formula is C12H22N4O. The Morgan fingerprint density at radius 3 is 3.06 bits per heavy atom. The fourth-order valence-corrected chi connectivity index (χ4v) is 2.49. The van der Waals surface area contributed by atoms with E-state index in [9.17, 15) is 0 Å². The van der Waals surface area contributed by atoms with E-state index in [1.165, 1.54) is 25.7 Å². The Morgan fingerprint density at radius 2 is 2.35 bits per heavy atom. The van der Waals surface area contributed by atoms with Crippen LogP contribution in [0.1, 0.15) is 37.4 Å². The van der Waals surface area contributed by atoms with Gasteiger partial charge in [-0.25, -0.2) is 0 Å². The topological polar surface area (TPSA) is 54.2 Å². The van der Waals surface area contributed by atoms with Crippen LogP contribution in [0.5, 0.6) is 0 Å². The van der Waals surface area contributed by atoms with Gasteiger partial charge in [-0.3, -0.25) is 4.90 Å². The van der Waals surface area contributed by atoms with Gasteiger partial charge in [0, 0.05) is 13.0 Å². The van der Waals surface area contributed by atoms with Crippen LogP contribution in [0.2, 0.25) is 0 Å². The summed E-state index contributed by atoms with van der Waals surface area (Å²) in [7, 11) is 2.01. The monoisotopic (exact) mass is 238 g/mol. The number of likely N-dealkylation sites (tertiary alicyclic amines) is 1. The smallest absolute Gasteiger partial charge is 0.223 e. The van der Waals surface area contributed by atoms with E-state index in [0.717, 1.165) is 25.5 Å². The van der Waals surface area contributed by atoms with Crippen molar-refractivity contribution in [1.82, 2.24) is 20.4 Å². The lowest BCUT2D eigenvalue weighted by Gasteiger charge is -2.34. The van der Waals surface area contributed by atoms with Crippen molar-refractivity contribution in [2.45, 2.75) is 45.2 Å². The lowest BCUT2D eigenvalue weighted by molar-refractivity contribution is 0.128. The van der Waals surface area contributed by atoms with E-state index in [4.69, 9.17) is 4.52 Å². The minimum absolute atomic E-state index is 0.656. The largest absolute Gasteiger partial charge is 0.340 e. The third-order valence-corrected chi connectivity index (χ3v) is 3.39. The second-order valence-electron chi connectivity index (χ2n) is 4.74. The van der Waals surface area contributed by atoms with E-state index in [1.54, 1.807) is 0 Å². The van der Waals surface area contributed by atoms with Crippen molar-refractivity contribution in [2.24, 2.45) is 0 Å². The molecule has 0 spiro atoms. The van der Waals surface area contributed by atoms with Gasteiger partial charge < -0.3 is 9.84 Å². The number of nitrogens with one attached hydrogen (secondary N) is 1. The molecule has 1 fully saturated rings. The summed E-state index contributed by atoms with van der Waals surface area (Å²) in [5, 5.41) is 7.21. The number of aromatic nitrogens is 2. The van der Waals surface area contributed by atoms with Crippen molar-refractivity contribution < 1.29 is 4.52 Å². The first-order valence-electron chi connectivity index (χ1n) is 6.47. The van der Waals surface area contributed by atoms with Gasteiger partial charge in [0.15, 0.2) is 5.82 Å². The van der Waals surface area contributed by atoms with Crippen LogP contribution in [0.3, 0.4) is 0 Å². The van der Waals surface area contributed by atoms with Crippen LogP contribution in [0, 0.1) is 6.92 Å². The first kappa shape index (κ1) is 12.5. The van der Waals surface area contributed by atoms with Gasteiger partial charge in [-0.2, -0.15) is 4.98 Å². The Balaban J connectivity index is 1.91. The molecule has 0 bridgehead atoms. The fourth-order valence-electron chi connectivity index (χ4n) is 2.49. The van der Waals surface area contributed by atoms with E-state index in [1.807, 2.05) is 14.0 Å². The van der Waals surface area contributed by atoms with E-state index in [-0.39, 0.29) is 0 Å². The number of rotatable bonds is 5. The summed E-state index contributed by atoms with van der Waals surface area (Å²) in [6.07, 6.45) is 5.12. The molecule has 1 aliphatic rings. The zero-order valence-corrected chi connectivity index (χ0v) is 10.8. The van der Waals surface area contributed by atoms with E-state index in [2.05, 4.69) is 20.4 Å². The molecule has 17 heavy (non-hydrogen) atoms. The molecule has 5 heteroatoms. The molecule has 1 N–H and O–H groups in total. The van der Waals surface area contributed by atoms with Gasteiger partial charge in [-0.1, -0.05) is 11.6 Å². The maximum Gasteiger partial charge on any atom is 0.223 e. The number of aryl methyl sites for hydroxylation is 1. The van der Waals surface area contributed by atoms with Crippen LogP contribution in [0.15, 0.2) is 4.52 Å². The Bertz CT molecular complexity index is 339. The number of hydrogen-bond acceptors (Lipinski definition) is 5. The van der Waals surface area contributed by atoms with Crippen LogP contribution >= 0.6 is 0 Å². The highest BCUT2D eigenvalue weighted by Gasteiger charge is 2.23. The van der Waals surface area contributed by atoms with Crippen LogP contribution in [-0.2, 0) is 6.54 Å². The molecule has 1 aromatic heterocycles. The standard InChI is InChI=1S/C12H22N4O/c1-10-14-12(15-17-10)9-16-8-4-3-5-11(16)6-7-13-2/h11,13H,3-9H2,1-2H3. The van der Waals surface area contributed by atoms with Gasteiger partial charge >= 0.3 is 0 Å². The van der Waals surface area contributed by atoms with Crippen molar-refractivity contribution in [3.63, 3.8) is 0 Å². The molecule has 1 saturated heterocycles. The molecule has 1 aromatic rings. The minimum Gasteiger partial charge on any atom is -0.340 e. The highest BCUT2D eigenvalue weighted by Crippen LogP contribution is 2.20. The van der Waals surface area contributed by atoms with Gasteiger partial charge in [0.25, 0.3) is 0 Å². The van der Waals surface area contributed by atoms with E-state index < -0.39 is 0 Å². The molecule has 1 atom stereocenters. The Morgan fingerprint density at radius 1 is 1.47 bits per heavy atom. The number of hydrogen-bond donors (Lipinski definition) is 1. The summed E-state index contributed by atoms with van der Waals surface area (Å²) in [6, 6.07) is 0.662. The van der Waals surface area contributed by atoms with Crippen LogP contribution in [0.4, 0.5) is 0 Å². The zero-order chi connectivity index (χ0) is 12.1. The normalized spacial score (nSPS) is 21.9. The molecule has 0 saturated carbocycles. The van der Waals surface area contributed by atoms with Gasteiger partial charge in [-0.05, 0) is 39.4 Å². The van der Waals surface area contributed by atoms with Crippen molar-refractivity contribution >= 4 is 0 Å². The van der Waals surface area contributed by atoms with Crippen LogP contribution < -0.4 is 5.32 Å². The molecule has 0 amide bonds. The molecule has 0 radical (unpaired) electrons. The van der Waals surface area contributed by atoms with Crippen molar-refractivity contribution in [2.75, 3.05) is 20.1 Å². The first-order valence-corrected chi connectivity index (χ1v) is 6.47. The van der Waals surface area contributed by atoms with Gasteiger partial charge in [0.1, 0.15) is 0 Å². The Kier molecular flexibility index (Phi) is 4.50. The van der Waals surface area contributed by atoms with Gasteiger partial charge in [0.2, 0.25) is 5.89 Å². The summed E-state index contributed by atoms with van der Waals surface area (Å²) in [5.74, 6) is 1.47. The predicted octanol–water partition coefficient (Wildman–Crippen LogP) is 1.34. The highest BCUT2D eigenvalue weighted by molar-refractivity contribution is 4.87. The fraction of sp³-hybridized carbons (Fsp3) is 0.833. The second kappa shape index (κ2) is 6.12. The number of nitrogens with zero attached hydrogens (tertiary/aromatic N) is 3. The molecule has 0 aliphatic carbocycles. The molecule has 5 nitrogen and oxygen atoms in total. The average molecular weight is 238 g/mol. The zero-order valence-electron chi connectivity index (χ0n) is 10.8. The van der Waals surface area contributed by atoms with Crippen molar-refractivity contribution in [1.29, 1.82) is 0 Å². The molecule has 1 aliphatic heterocycles. The maximum atomic E-state index is 5.02. The lowest BCUT2D eigenvalue weighted by atomic mass is 9.99. The summed E-state index contributed by atoms with van der Waals surface area (Å²) < 4.78 is 5.02. The SMILES string of the molecule is CNCCC1CCCCN1Cc1noc(C)n1. The lowest BCUT2D eigenvalue weighted by Crippen LogP contribution is -2.40. The Labute approximate surface area is 103 Å². The average Bonchev–Trinajstić information content (AvgIpc) is 2.74. The molecule has 2 rings (SSSR count). The minimum atomic E-state index is 0.656. The van der Waals surface area contributed by atoms with Crippen molar-refractivity contribution in [3.05, 3.63) is 11.7 Å². The predicted molar refractivity (Wildman–Crippen MR) is 65.6 cm³/mol. The molecule has 2 heterocycles. The summed E-state index contributed by atoms with van der Waals surface area (Å²) >= 11 is 0. The molecule has 1 unspecified atom stereocenters. The third kappa shape index (κ3) is 3.51. The Hall–Kier alpha value is -0.940. The maximum absolute atomic E-state index is 5.02. The van der Waals surface area contributed by atoms with Crippen LogP contribution in [-0.4, -0.2) is 41.2 Å². The third-order valence-electron chi connectivity index (χ3n) is 3.39. The molecule has 96 valence electrons. The van der Waals surface area contributed by atoms with Crippen LogP contribution in [0.25, 0.3) is 0 Å². The highest BCUT2D eigenvalue weighted by atomic mass is 16.5. The summed E-state index contributed by atoms with van der Waals surface area (Å²) in [6.45, 7) is 4.89. The number of piperidine rings is 1. The second-order valence-corrected chi connectivity index (χ2v) is 4.74.